The van der Waals surface area contributed by atoms with E-state index in [9.17, 15) is 4.79 Å². The van der Waals surface area contributed by atoms with Crippen molar-refractivity contribution < 1.29 is 9.90 Å². The van der Waals surface area contributed by atoms with Gasteiger partial charge in [0.2, 0.25) is 0 Å². The molecule has 1 aromatic heterocycles. The topological polar surface area (TPSA) is 80.9 Å². The fourth-order valence-electron chi connectivity index (χ4n) is 1.23. The highest BCUT2D eigenvalue weighted by atomic mass is 79.9. The molecule has 0 radical (unpaired) electrons. The van der Waals surface area contributed by atoms with Gasteiger partial charge in [-0.15, -0.1) is 5.10 Å². The number of hydrogen-bond acceptors (Lipinski definition) is 4. The molecule has 7 heteroatoms. The normalized spacial score (nSPS) is 10.3. The van der Waals surface area contributed by atoms with Crippen molar-refractivity contribution in [1.82, 2.24) is 20.2 Å². The highest BCUT2D eigenvalue weighted by molar-refractivity contribution is 9.10. The molecule has 0 amide bonds. The van der Waals surface area contributed by atoms with Crippen molar-refractivity contribution in [3.05, 3.63) is 34.6 Å². The van der Waals surface area contributed by atoms with Crippen LogP contribution in [0.15, 0.2) is 28.7 Å². The second-order valence-electron chi connectivity index (χ2n) is 3.05. The monoisotopic (exact) mass is 282 g/mol. The molecule has 1 N–H and O–H groups in total. The average Bonchev–Trinajstić information content (AvgIpc) is 2.66. The second kappa shape index (κ2) is 4.40. The van der Waals surface area contributed by atoms with Crippen LogP contribution in [0.5, 0.6) is 0 Å². The molecule has 6 nitrogen and oxygen atoms in total. The lowest BCUT2D eigenvalue weighted by atomic mass is 10.3. The van der Waals surface area contributed by atoms with Crippen molar-refractivity contribution in [3.63, 3.8) is 0 Å². The van der Waals surface area contributed by atoms with Crippen LogP contribution < -0.4 is 0 Å². The van der Waals surface area contributed by atoms with Gasteiger partial charge in [0.15, 0.2) is 5.82 Å². The molecule has 0 spiro atoms. The molecule has 1 aromatic carbocycles. The summed E-state index contributed by atoms with van der Waals surface area (Å²) in [6, 6.07) is 7.26. The largest absolute Gasteiger partial charge is 0.481 e. The molecule has 1 heterocycles. The summed E-state index contributed by atoms with van der Waals surface area (Å²) >= 11 is 3.31. The molecule has 0 unspecified atom stereocenters. The zero-order chi connectivity index (χ0) is 11.5. The lowest BCUT2D eigenvalue weighted by Crippen LogP contribution is -2.08. The zero-order valence-electron chi connectivity index (χ0n) is 8.04. The predicted molar refractivity (Wildman–Crippen MR) is 58.2 cm³/mol. The molecule has 2 aromatic rings. The Hall–Kier alpha value is -1.76. The first-order valence-corrected chi connectivity index (χ1v) is 5.21. The number of hydrogen-bond donors (Lipinski definition) is 1. The number of benzene rings is 1. The molecule has 16 heavy (non-hydrogen) atoms. The van der Waals surface area contributed by atoms with Crippen LogP contribution in [0.4, 0.5) is 0 Å². The first-order valence-electron chi connectivity index (χ1n) is 4.42. The van der Waals surface area contributed by atoms with Crippen molar-refractivity contribution in [1.29, 1.82) is 0 Å². The van der Waals surface area contributed by atoms with E-state index in [4.69, 9.17) is 5.11 Å². The fraction of sp³-hybridized carbons (Fsp3) is 0.111. The summed E-state index contributed by atoms with van der Waals surface area (Å²) in [5, 5.41) is 19.6. The van der Waals surface area contributed by atoms with E-state index in [2.05, 4.69) is 31.5 Å². The summed E-state index contributed by atoms with van der Waals surface area (Å²) in [6.45, 7) is 0. The molecule has 0 bridgehead atoms. The van der Waals surface area contributed by atoms with Gasteiger partial charge in [0.1, 0.15) is 6.42 Å². The van der Waals surface area contributed by atoms with E-state index in [0.717, 1.165) is 10.2 Å². The summed E-state index contributed by atoms with van der Waals surface area (Å²) in [5.74, 6) is -0.664. The Balaban J connectivity index is 2.36. The Bertz CT molecular complexity index is 508. The van der Waals surface area contributed by atoms with Crippen LogP contribution in [-0.4, -0.2) is 31.3 Å². The van der Waals surface area contributed by atoms with E-state index in [1.807, 2.05) is 12.1 Å². The van der Waals surface area contributed by atoms with Crippen molar-refractivity contribution in [2.24, 2.45) is 0 Å². The van der Waals surface area contributed by atoms with Gasteiger partial charge in [-0.25, -0.2) is 0 Å². The predicted octanol–water partition coefficient (Wildman–Crippen LogP) is 1.05. The minimum Gasteiger partial charge on any atom is -0.481 e. The van der Waals surface area contributed by atoms with E-state index in [1.54, 1.807) is 12.1 Å². The minimum atomic E-state index is -0.965. The van der Waals surface area contributed by atoms with Crippen LogP contribution in [0.3, 0.4) is 0 Å². The quantitative estimate of drug-likeness (QED) is 0.910. The van der Waals surface area contributed by atoms with Crippen molar-refractivity contribution >= 4 is 21.9 Å². The van der Waals surface area contributed by atoms with Crippen molar-refractivity contribution in [3.8, 4) is 5.69 Å². The number of nitrogens with zero attached hydrogens (tertiary/aromatic N) is 4. The Morgan fingerprint density at radius 1 is 1.38 bits per heavy atom. The summed E-state index contributed by atoms with van der Waals surface area (Å²) < 4.78 is 2.34. The van der Waals surface area contributed by atoms with Crippen LogP contribution in [0.25, 0.3) is 5.69 Å². The number of carboxylic acids is 1. The third-order valence-corrected chi connectivity index (χ3v) is 2.44. The van der Waals surface area contributed by atoms with Gasteiger partial charge in [-0.2, -0.15) is 4.68 Å². The number of tetrazole rings is 1. The highest BCUT2D eigenvalue weighted by Gasteiger charge is 2.11. The van der Waals surface area contributed by atoms with E-state index in [1.165, 1.54) is 4.68 Å². The molecule has 0 aliphatic carbocycles. The Kier molecular flexibility index (Phi) is 2.95. The molecular weight excluding hydrogens is 276 g/mol. The molecule has 2 rings (SSSR count). The molecule has 0 saturated carbocycles. The lowest BCUT2D eigenvalue weighted by molar-refractivity contribution is -0.136. The van der Waals surface area contributed by atoms with Crippen molar-refractivity contribution in [2.75, 3.05) is 0 Å². The van der Waals surface area contributed by atoms with E-state index >= 15 is 0 Å². The Morgan fingerprint density at radius 2 is 2.06 bits per heavy atom. The Morgan fingerprint density at radius 3 is 2.69 bits per heavy atom. The molecule has 0 saturated heterocycles. The summed E-state index contributed by atoms with van der Waals surface area (Å²) in [4.78, 5) is 10.6. The zero-order valence-corrected chi connectivity index (χ0v) is 9.62. The third kappa shape index (κ3) is 2.25. The highest BCUT2D eigenvalue weighted by Crippen LogP contribution is 2.14. The van der Waals surface area contributed by atoms with E-state index < -0.39 is 5.97 Å². The van der Waals surface area contributed by atoms with Crippen molar-refractivity contribution in [2.45, 2.75) is 6.42 Å². The number of carboxylic acid groups (broad SMARTS) is 1. The van der Waals surface area contributed by atoms with Crippen LogP contribution in [-0.2, 0) is 11.2 Å². The average molecular weight is 283 g/mol. The molecule has 0 aliphatic rings. The van der Waals surface area contributed by atoms with E-state index in [0.29, 0.717) is 5.82 Å². The Labute approximate surface area is 99.0 Å². The number of rotatable bonds is 3. The summed E-state index contributed by atoms with van der Waals surface area (Å²) in [6.07, 6.45) is -0.205. The molecule has 0 aliphatic heterocycles. The van der Waals surface area contributed by atoms with Gasteiger partial charge in [-0.05, 0) is 34.7 Å². The maximum absolute atomic E-state index is 10.6. The minimum absolute atomic E-state index is 0.205. The van der Waals surface area contributed by atoms with Gasteiger partial charge in [-0.3, -0.25) is 4.79 Å². The maximum atomic E-state index is 10.6. The molecule has 0 atom stereocenters. The number of aromatic nitrogens is 4. The number of aliphatic carboxylic acids is 1. The maximum Gasteiger partial charge on any atom is 0.311 e. The van der Waals surface area contributed by atoms with E-state index in [-0.39, 0.29) is 6.42 Å². The first-order chi connectivity index (χ1) is 7.66. The molecule has 82 valence electrons. The molecular formula is C9H7BrN4O2. The van der Waals surface area contributed by atoms with Gasteiger partial charge in [0, 0.05) is 4.47 Å². The van der Waals surface area contributed by atoms with Crippen LogP contribution in [0.2, 0.25) is 0 Å². The smallest absolute Gasteiger partial charge is 0.311 e. The lowest BCUT2D eigenvalue weighted by Gasteiger charge is -2.02. The van der Waals surface area contributed by atoms with Gasteiger partial charge in [0.05, 0.1) is 5.69 Å². The van der Waals surface area contributed by atoms with Gasteiger partial charge >= 0.3 is 5.97 Å². The second-order valence-corrected chi connectivity index (χ2v) is 3.97. The van der Waals surface area contributed by atoms with Gasteiger partial charge in [0.25, 0.3) is 0 Å². The van der Waals surface area contributed by atoms with Gasteiger partial charge < -0.3 is 5.11 Å². The third-order valence-electron chi connectivity index (χ3n) is 1.91. The number of halogens is 1. The van der Waals surface area contributed by atoms with Crippen LogP contribution in [0.1, 0.15) is 5.82 Å². The SMILES string of the molecule is O=C(O)Cc1nnnn1-c1ccc(Br)cc1. The fourth-order valence-corrected chi connectivity index (χ4v) is 1.50. The summed E-state index contributed by atoms with van der Waals surface area (Å²) in [7, 11) is 0. The van der Waals surface area contributed by atoms with Crippen LogP contribution >= 0.6 is 15.9 Å². The van der Waals surface area contributed by atoms with Crippen LogP contribution in [0, 0.1) is 0 Å². The summed E-state index contributed by atoms with van der Waals surface area (Å²) in [5.41, 5.74) is 0.726. The number of carbonyl (C=O) groups is 1. The molecule has 0 fully saturated rings. The first kappa shape index (κ1) is 10.7. The standard InChI is InChI=1S/C9H7BrN4O2/c10-6-1-3-7(4-2-6)14-8(5-9(15)16)11-12-13-14/h1-4H,5H2,(H,15,16). The van der Waals surface area contributed by atoms with Gasteiger partial charge in [-0.1, -0.05) is 15.9 Å².